The molecule has 1 atom stereocenters. The average molecular weight is 289 g/mol. The van der Waals surface area contributed by atoms with Gasteiger partial charge in [-0.1, -0.05) is 0 Å². The van der Waals surface area contributed by atoms with Crippen LogP contribution in [0.2, 0.25) is 0 Å². The highest BCUT2D eigenvalue weighted by Gasteiger charge is 2.29. The monoisotopic (exact) mass is 289 g/mol. The Hall–Kier alpha value is -2.13. The average Bonchev–Trinajstić information content (AvgIpc) is 2.48. The van der Waals surface area contributed by atoms with Crippen LogP contribution in [0.5, 0.6) is 0 Å². The van der Waals surface area contributed by atoms with Gasteiger partial charge in [0.2, 0.25) is 0 Å². The van der Waals surface area contributed by atoms with Gasteiger partial charge in [-0.3, -0.25) is 4.79 Å². The van der Waals surface area contributed by atoms with E-state index in [4.69, 9.17) is 10.00 Å². The summed E-state index contributed by atoms with van der Waals surface area (Å²) in [6.45, 7) is 3.32. The quantitative estimate of drug-likeness (QED) is 0.858. The number of nitrogens with one attached hydrogen (secondary N) is 1. The van der Waals surface area contributed by atoms with Crippen molar-refractivity contribution < 1.29 is 14.6 Å². The second-order valence-electron chi connectivity index (χ2n) is 5.24. The standard InChI is InChI=1S/C15H19N3O3/c1-10-2-5-17-14(12(10)8-16)18-9-13(15(19)20)11-3-6-21-7-4-11/h2,5,11,13H,3-4,6-7,9H2,1H3,(H,17,18)(H,19,20). The molecule has 1 aromatic rings. The van der Waals surface area contributed by atoms with E-state index in [2.05, 4.69) is 16.4 Å². The summed E-state index contributed by atoms with van der Waals surface area (Å²) in [5.74, 6) is -0.766. The third-order valence-corrected chi connectivity index (χ3v) is 3.91. The zero-order valence-corrected chi connectivity index (χ0v) is 12.0. The van der Waals surface area contributed by atoms with Crippen LogP contribution >= 0.6 is 0 Å². The Bertz CT molecular complexity index is 548. The van der Waals surface area contributed by atoms with Gasteiger partial charge in [-0.25, -0.2) is 4.98 Å². The second-order valence-corrected chi connectivity index (χ2v) is 5.24. The Morgan fingerprint density at radius 2 is 2.33 bits per heavy atom. The maximum Gasteiger partial charge on any atom is 0.308 e. The number of rotatable bonds is 5. The van der Waals surface area contributed by atoms with Crippen molar-refractivity contribution in [3.05, 3.63) is 23.4 Å². The first kappa shape index (κ1) is 15.3. The van der Waals surface area contributed by atoms with Crippen molar-refractivity contribution in [2.75, 3.05) is 25.1 Å². The largest absolute Gasteiger partial charge is 0.481 e. The van der Waals surface area contributed by atoms with Crippen LogP contribution in [-0.4, -0.2) is 35.8 Å². The lowest BCUT2D eigenvalue weighted by atomic mass is 9.86. The van der Waals surface area contributed by atoms with Crippen LogP contribution in [0.4, 0.5) is 5.82 Å². The number of hydrogen-bond acceptors (Lipinski definition) is 5. The smallest absolute Gasteiger partial charge is 0.308 e. The van der Waals surface area contributed by atoms with Crippen LogP contribution in [0.25, 0.3) is 0 Å². The van der Waals surface area contributed by atoms with E-state index >= 15 is 0 Å². The molecule has 1 saturated heterocycles. The lowest BCUT2D eigenvalue weighted by molar-refractivity contribution is -0.144. The lowest BCUT2D eigenvalue weighted by Crippen LogP contribution is -2.34. The Balaban J connectivity index is 2.07. The van der Waals surface area contributed by atoms with E-state index in [0.717, 1.165) is 18.4 Å². The van der Waals surface area contributed by atoms with Gasteiger partial charge in [0, 0.05) is 26.0 Å². The molecule has 6 heteroatoms. The molecule has 2 heterocycles. The summed E-state index contributed by atoms with van der Waals surface area (Å²) in [4.78, 5) is 15.6. The Morgan fingerprint density at radius 1 is 1.62 bits per heavy atom. The summed E-state index contributed by atoms with van der Waals surface area (Å²) < 4.78 is 5.28. The molecule has 0 bridgehead atoms. The van der Waals surface area contributed by atoms with Crippen LogP contribution in [0, 0.1) is 30.1 Å². The molecule has 0 radical (unpaired) electrons. The van der Waals surface area contributed by atoms with Crippen molar-refractivity contribution in [3.8, 4) is 6.07 Å². The van der Waals surface area contributed by atoms with Gasteiger partial charge in [-0.05, 0) is 37.3 Å². The zero-order chi connectivity index (χ0) is 15.2. The molecule has 0 spiro atoms. The summed E-state index contributed by atoms with van der Waals surface area (Å²) in [7, 11) is 0. The van der Waals surface area contributed by atoms with Gasteiger partial charge in [0.25, 0.3) is 0 Å². The fourth-order valence-corrected chi connectivity index (χ4v) is 2.61. The van der Waals surface area contributed by atoms with E-state index in [1.807, 2.05) is 6.92 Å². The van der Waals surface area contributed by atoms with E-state index in [1.165, 1.54) is 0 Å². The Labute approximate surface area is 123 Å². The summed E-state index contributed by atoms with van der Waals surface area (Å²) in [6.07, 6.45) is 3.12. The third-order valence-electron chi connectivity index (χ3n) is 3.91. The summed E-state index contributed by atoms with van der Waals surface area (Å²) in [5, 5.41) is 21.6. The number of ether oxygens (including phenoxy) is 1. The number of carboxylic acids is 1. The molecule has 0 amide bonds. The Kier molecular flexibility index (Phi) is 5.12. The maximum absolute atomic E-state index is 11.5. The SMILES string of the molecule is Cc1ccnc(NCC(C(=O)O)C2CCOCC2)c1C#N. The molecule has 1 aromatic heterocycles. The van der Waals surface area contributed by atoms with Gasteiger partial charge >= 0.3 is 5.97 Å². The molecule has 1 aliphatic rings. The van der Waals surface area contributed by atoms with Crippen molar-refractivity contribution in [1.29, 1.82) is 5.26 Å². The maximum atomic E-state index is 11.5. The predicted molar refractivity (Wildman–Crippen MR) is 76.8 cm³/mol. The van der Waals surface area contributed by atoms with Crippen LogP contribution < -0.4 is 5.32 Å². The minimum absolute atomic E-state index is 0.0964. The molecule has 1 unspecified atom stereocenters. The zero-order valence-electron chi connectivity index (χ0n) is 12.0. The number of aromatic nitrogens is 1. The minimum Gasteiger partial charge on any atom is -0.481 e. The van der Waals surface area contributed by atoms with Gasteiger partial charge in [-0.2, -0.15) is 5.26 Å². The number of aliphatic carboxylic acids is 1. The van der Waals surface area contributed by atoms with Crippen LogP contribution in [0.1, 0.15) is 24.0 Å². The third kappa shape index (κ3) is 3.70. The molecule has 6 nitrogen and oxygen atoms in total. The van der Waals surface area contributed by atoms with E-state index in [9.17, 15) is 9.90 Å². The highest BCUT2D eigenvalue weighted by Crippen LogP contribution is 2.25. The molecule has 0 aliphatic carbocycles. The molecule has 0 saturated carbocycles. The van der Waals surface area contributed by atoms with E-state index in [0.29, 0.717) is 24.6 Å². The molecule has 2 N–H and O–H groups in total. The fraction of sp³-hybridized carbons (Fsp3) is 0.533. The van der Waals surface area contributed by atoms with Gasteiger partial charge in [-0.15, -0.1) is 0 Å². The van der Waals surface area contributed by atoms with Crippen molar-refractivity contribution >= 4 is 11.8 Å². The van der Waals surface area contributed by atoms with E-state index in [1.54, 1.807) is 12.3 Å². The molecule has 112 valence electrons. The van der Waals surface area contributed by atoms with Crippen LogP contribution in [0.15, 0.2) is 12.3 Å². The first-order valence-electron chi connectivity index (χ1n) is 7.03. The highest BCUT2D eigenvalue weighted by molar-refractivity contribution is 5.71. The molecule has 21 heavy (non-hydrogen) atoms. The summed E-state index contributed by atoms with van der Waals surface area (Å²) >= 11 is 0. The van der Waals surface area contributed by atoms with Gasteiger partial charge in [0.1, 0.15) is 11.9 Å². The number of aryl methyl sites for hydroxylation is 1. The summed E-state index contributed by atoms with van der Waals surface area (Å²) in [5.41, 5.74) is 1.29. The number of carboxylic acid groups (broad SMARTS) is 1. The predicted octanol–water partition coefficient (Wildman–Crippen LogP) is 1.80. The van der Waals surface area contributed by atoms with Gasteiger partial charge < -0.3 is 15.2 Å². The normalized spacial score (nSPS) is 17.0. The number of nitrogens with zero attached hydrogens (tertiary/aromatic N) is 2. The second kappa shape index (κ2) is 7.04. The van der Waals surface area contributed by atoms with Crippen molar-refractivity contribution in [3.63, 3.8) is 0 Å². The minimum atomic E-state index is -0.819. The number of nitriles is 1. The number of hydrogen-bond donors (Lipinski definition) is 2. The molecular formula is C15H19N3O3. The molecule has 2 rings (SSSR count). The van der Waals surface area contributed by atoms with Crippen molar-refractivity contribution in [2.45, 2.75) is 19.8 Å². The summed E-state index contributed by atoms with van der Waals surface area (Å²) in [6, 6.07) is 3.86. The molecule has 1 fully saturated rings. The number of anilines is 1. The van der Waals surface area contributed by atoms with E-state index in [-0.39, 0.29) is 12.5 Å². The first-order valence-corrected chi connectivity index (χ1v) is 7.03. The van der Waals surface area contributed by atoms with Gasteiger partial charge in [0.05, 0.1) is 11.5 Å². The van der Waals surface area contributed by atoms with E-state index < -0.39 is 11.9 Å². The fourth-order valence-electron chi connectivity index (χ4n) is 2.61. The Morgan fingerprint density at radius 3 is 2.95 bits per heavy atom. The number of carbonyl (C=O) groups is 1. The highest BCUT2D eigenvalue weighted by atomic mass is 16.5. The van der Waals surface area contributed by atoms with Gasteiger partial charge in [0.15, 0.2) is 0 Å². The van der Waals surface area contributed by atoms with Crippen LogP contribution in [0.3, 0.4) is 0 Å². The molecule has 0 aromatic carbocycles. The van der Waals surface area contributed by atoms with Crippen molar-refractivity contribution in [1.82, 2.24) is 4.98 Å². The first-order chi connectivity index (χ1) is 10.1. The molecule has 1 aliphatic heterocycles. The van der Waals surface area contributed by atoms with Crippen molar-refractivity contribution in [2.24, 2.45) is 11.8 Å². The van der Waals surface area contributed by atoms with Crippen LogP contribution in [-0.2, 0) is 9.53 Å². The topological polar surface area (TPSA) is 95.2 Å². The lowest BCUT2D eigenvalue weighted by Gasteiger charge is -2.27. The number of pyridine rings is 1. The molecular weight excluding hydrogens is 270 g/mol.